The molecule has 0 atom stereocenters. The van der Waals surface area contributed by atoms with Crippen molar-refractivity contribution in [3.05, 3.63) is 52.7 Å². The van der Waals surface area contributed by atoms with Crippen LogP contribution in [0.2, 0.25) is 0 Å². The zero-order valence-corrected chi connectivity index (χ0v) is 20.0. The van der Waals surface area contributed by atoms with Gasteiger partial charge >= 0.3 is 0 Å². The highest BCUT2D eigenvalue weighted by Crippen LogP contribution is 2.34. The molecule has 0 unspecified atom stereocenters. The highest BCUT2D eigenvalue weighted by atomic mass is 16.5. The molecule has 3 aromatic rings. The van der Waals surface area contributed by atoms with Crippen molar-refractivity contribution in [1.82, 2.24) is 14.7 Å². The second-order valence-electron chi connectivity index (χ2n) is 8.48. The van der Waals surface area contributed by atoms with Crippen LogP contribution in [0.4, 0.5) is 0 Å². The highest BCUT2D eigenvalue weighted by Gasteiger charge is 2.16. The quantitative estimate of drug-likeness (QED) is 0.448. The average Bonchev–Trinajstić information content (AvgIpc) is 3.05. The van der Waals surface area contributed by atoms with Crippen LogP contribution < -0.4 is 0 Å². The Morgan fingerprint density at radius 3 is 2.19 bits per heavy atom. The van der Waals surface area contributed by atoms with Gasteiger partial charge in [-0.3, -0.25) is 9.58 Å². The minimum absolute atomic E-state index is 0.747. The summed E-state index contributed by atoms with van der Waals surface area (Å²) in [5.41, 5.74) is 8.87. The molecule has 0 aliphatic heterocycles. The van der Waals surface area contributed by atoms with Gasteiger partial charge in [0.25, 0.3) is 0 Å². The average molecular weight is 424 g/mol. The third kappa shape index (κ3) is 5.53. The fraction of sp³-hybridized carbons (Fsp3) is 0.500. The Morgan fingerprint density at radius 2 is 1.58 bits per heavy atom. The third-order valence-corrected chi connectivity index (χ3v) is 6.05. The van der Waals surface area contributed by atoms with Crippen molar-refractivity contribution in [3.63, 3.8) is 0 Å². The maximum absolute atomic E-state index is 5.27. The topological polar surface area (TPSA) is 39.5 Å². The van der Waals surface area contributed by atoms with Crippen molar-refractivity contribution in [3.8, 4) is 11.1 Å². The number of aryl methyl sites for hydroxylation is 5. The van der Waals surface area contributed by atoms with E-state index in [1.807, 2.05) is 0 Å². The van der Waals surface area contributed by atoms with Crippen LogP contribution in [0.3, 0.4) is 0 Å². The zero-order chi connectivity index (χ0) is 22.4. The van der Waals surface area contributed by atoms with Crippen LogP contribution in [-0.4, -0.2) is 61.7 Å². The van der Waals surface area contributed by atoms with Crippen molar-refractivity contribution in [1.29, 1.82) is 0 Å². The largest absolute Gasteiger partial charge is 0.383 e. The minimum Gasteiger partial charge on any atom is -0.383 e. The molecule has 0 amide bonds. The van der Waals surface area contributed by atoms with E-state index in [0.29, 0.717) is 0 Å². The minimum atomic E-state index is 0.747. The molecule has 5 heteroatoms. The molecule has 1 aromatic heterocycles. The number of methoxy groups -OCH3 is 2. The van der Waals surface area contributed by atoms with Gasteiger partial charge in [-0.15, -0.1) is 0 Å². The molecule has 0 aliphatic rings. The molecule has 2 aromatic carbocycles. The molecule has 0 spiro atoms. The van der Waals surface area contributed by atoms with Gasteiger partial charge in [-0.25, -0.2) is 0 Å². The van der Waals surface area contributed by atoms with Crippen LogP contribution in [-0.2, 0) is 22.9 Å². The highest BCUT2D eigenvalue weighted by molar-refractivity contribution is 5.96. The number of fused-ring (bicyclic) bond motifs is 1. The van der Waals surface area contributed by atoms with Crippen molar-refractivity contribution in [2.45, 2.75) is 33.6 Å². The van der Waals surface area contributed by atoms with Crippen molar-refractivity contribution < 1.29 is 9.47 Å². The molecule has 0 bridgehead atoms. The summed E-state index contributed by atoms with van der Waals surface area (Å²) in [4.78, 5) is 2.41. The second-order valence-corrected chi connectivity index (χ2v) is 8.48. The summed E-state index contributed by atoms with van der Waals surface area (Å²) in [5, 5.41) is 6.22. The first kappa shape index (κ1) is 23.5. The van der Waals surface area contributed by atoms with E-state index in [9.17, 15) is 0 Å². The van der Waals surface area contributed by atoms with Crippen molar-refractivity contribution >= 4 is 10.9 Å². The van der Waals surface area contributed by atoms with E-state index in [1.54, 1.807) is 14.2 Å². The van der Waals surface area contributed by atoms with Crippen LogP contribution in [0.15, 0.2) is 30.3 Å². The van der Waals surface area contributed by atoms with Gasteiger partial charge in [0, 0.05) is 51.0 Å². The molecule has 0 fully saturated rings. The summed E-state index contributed by atoms with van der Waals surface area (Å²) in [6.45, 7) is 10.9. The lowest BCUT2D eigenvalue weighted by Gasteiger charge is -2.21. The second kappa shape index (κ2) is 10.9. The van der Waals surface area contributed by atoms with Gasteiger partial charge in [-0.2, -0.15) is 5.10 Å². The van der Waals surface area contributed by atoms with Crippen LogP contribution >= 0.6 is 0 Å². The fourth-order valence-corrected chi connectivity index (χ4v) is 4.62. The summed E-state index contributed by atoms with van der Waals surface area (Å²) < 4.78 is 12.6. The van der Waals surface area contributed by atoms with Crippen molar-refractivity contribution in [2.75, 3.05) is 47.1 Å². The van der Waals surface area contributed by atoms with Gasteiger partial charge in [-0.05, 0) is 56.8 Å². The Labute approximate surface area is 187 Å². The summed E-state index contributed by atoms with van der Waals surface area (Å²) in [5.74, 6) is 0. The molecule has 0 radical (unpaired) electrons. The number of ether oxygens (including phenoxy) is 2. The normalized spacial score (nSPS) is 11.7. The molecule has 3 rings (SSSR count). The standard InChI is InChI=1S/C26H37N3O2/c1-19-17-20(2)25(21(3)18-19)23-10-7-9-22-24(28(4)27-26(22)23)11-8-12-29(13-15-30-5)14-16-31-6/h7,9-10,17-18H,8,11-16H2,1-6H3. The summed E-state index contributed by atoms with van der Waals surface area (Å²) >= 11 is 0. The first-order valence-electron chi connectivity index (χ1n) is 11.2. The molecule has 1 heterocycles. The predicted molar refractivity (Wildman–Crippen MR) is 129 cm³/mol. The van der Waals surface area contributed by atoms with Crippen LogP contribution in [0.1, 0.15) is 28.8 Å². The molecule has 0 saturated heterocycles. The molecule has 168 valence electrons. The number of hydrogen-bond donors (Lipinski definition) is 0. The fourth-order valence-electron chi connectivity index (χ4n) is 4.62. The summed E-state index contributed by atoms with van der Waals surface area (Å²) in [6, 6.07) is 11.1. The van der Waals surface area contributed by atoms with Gasteiger partial charge in [-0.1, -0.05) is 35.9 Å². The number of aromatic nitrogens is 2. The first-order chi connectivity index (χ1) is 15.0. The smallest absolute Gasteiger partial charge is 0.100 e. The lowest BCUT2D eigenvalue weighted by molar-refractivity contribution is 0.113. The molecular formula is C26H37N3O2. The predicted octanol–water partition coefficient (Wildman–Crippen LogP) is 4.69. The van der Waals surface area contributed by atoms with Crippen molar-refractivity contribution in [2.24, 2.45) is 7.05 Å². The van der Waals surface area contributed by atoms with Gasteiger partial charge in [0.1, 0.15) is 5.52 Å². The molecule has 31 heavy (non-hydrogen) atoms. The van der Waals surface area contributed by atoms with Crippen LogP contribution in [0.25, 0.3) is 22.0 Å². The Bertz CT molecular complexity index is 978. The maximum atomic E-state index is 5.27. The van der Waals surface area contributed by atoms with Gasteiger partial charge in [0.2, 0.25) is 0 Å². The molecule has 0 N–H and O–H groups in total. The molecule has 5 nitrogen and oxygen atoms in total. The Morgan fingerprint density at radius 1 is 0.935 bits per heavy atom. The summed E-state index contributed by atoms with van der Waals surface area (Å²) in [7, 11) is 5.58. The third-order valence-electron chi connectivity index (χ3n) is 6.05. The zero-order valence-electron chi connectivity index (χ0n) is 20.0. The van der Waals surface area contributed by atoms with E-state index in [1.165, 1.54) is 38.9 Å². The van der Waals surface area contributed by atoms with E-state index in [-0.39, 0.29) is 0 Å². The van der Waals surface area contributed by atoms with E-state index in [0.717, 1.165) is 51.2 Å². The van der Waals surface area contributed by atoms with E-state index < -0.39 is 0 Å². The Hall–Kier alpha value is -2.21. The number of benzene rings is 2. The maximum Gasteiger partial charge on any atom is 0.100 e. The lowest BCUT2D eigenvalue weighted by atomic mass is 9.92. The van der Waals surface area contributed by atoms with Gasteiger partial charge in [0.05, 0.1) is 13.2 Å². The molecule has 0 saturated carbocycles. The SMILES string of the molecule is COCCN(CCCc1c2cccc(-c3c(C)cc(C)cc3C)c2nn1C)CCOC. The Kier molecular flexibility index (Phi) is 8.24. The number of rotatable bonds is 11. The van der Waals surface area contributed by atoms with Gasteiger partial charge in [0.15, 0.2) is 0 Å². The Balaban J connectivity index is 1.84. The van der Waals surface area contributed by atoms with E-state index in [4.69, 9.17) is 14.6 Å². The van der Waals surface area contributed by atoms with Crippen LogP contribution in [0, 0.1) is 20.8 Å². The van der Waals surface area contributed by atoms with Gasteiger partial charge < -0.3 is 9.47 Å². The summed E-state index contributed by atoms with van der Waals surface area (Å²) in [6.07, 6.45) is 2.08. The molecule has 0 aliphatic carbocycles. The van der Waals surface area contributed by atoms with E-state index in [2.05, 4.69) is 67.7 Å². The van der Waals surface area contributed by atoms with Crippen LogP contribution in [0.5, 0.6) is 0 Å². The molecular weight excluding hydrogens is 386 g/mol. The number of nitrogens with zero attached hydrogens (tertiary/aromatic N) is 3. The number of hydrogen-bond acceptors (Lipinski definition) is 4. The first-order valence-corrected chi connectivity index (χ1v) is 11.2. The lowest BCUT2D eigenvalue weighted by Crippen LogP contribution is -2.32. The monoisotopic (exact) mass is 423 g/mol. The van der Waals surface area contributed by atoms with E-state index >= 15 is 0 Å².